The molecule has 0 aliphatic carbocycles. The highest BCUT2D eigenvalue weighted by molar-refractivity contribution is 7.80. The van der Waals surface area contributed by atoms with Crippen molar-refractivity contribution in [1.82, 2.24) is 9.97 Å². The van der Waals surface area contributed by atoms with Gasteiger partial charge in [-0.2, -0.15) is 0 Å². The van der Waals surface area contributed by atoms with Gasteiger partial charge in [-0.1, -0.05) is 30.4 Å². The Labute approximate surface area is 118 Å². The second-order valence-corrected chi connectivity index (χ2v) is 4.82. The Morgan fingerprint density at radius 2 is 2.16 bits per heavy atom. The Morgan fingerprint density at radius 3 is 2.84 bits per heavy atom. The van der Waals surface area contributed by atoms with Gasteiger partial charge in [0.05, 0.1) is 0 Å². The first kappa shape index (κ1) is 13.4. The third kappa shape index (κ3) is 3.48. The first-order chi connectivity index (χ1) is 9.06. The van der Waals surface area contributed by atoms with Crippen LogP contribution in [0.15, 0.2) is 36.5 Å². The smallest absolute Gasteiger partial charge is 0.132 e. The summed E-state index contributed by atoms with van der Waals surface area (Å²) in [5.41, 5.74) is 7.67. The van der Waals surface area contributed by atoms with E-state index in [0.717, 1.165) is 29.3 Å². The fourth-order valence-electron chi connectivity index (χ4n) is 1.83. The summed E-state index contributed by atoms with van der Waals surface area (Å²) in [6.45, 7) is 2.62. The molecule has 19 heavy (non-hydrogen) atoms. The zero-order valence-corrected chi connectivity index (χ0v) is 11.8. The van der Waals surface area contributed by atoms with Crippen LogP contribution in [0.2, 0.25) is 0 Å². The normalized spacial score (nSPS) is 10.2. The van der Waals surface area contributed by atoms with Gasteiger partial charge in [0.25, 0.3) is 0 Å². The van der Waals surface area contributed by atoms with E-state index < -0.39 is 0 Å². The largest absolute Gasteiger partial charge is 0.389 e. The quantitative estimate of drug-likeness (QED) is 0.863. The van der Waals surface area contributed by atoms with E-state index in [-0.39, 0.29) is 0 Å². The molecule has 0 saturated heterocycles. The Bertz CT molecular complexity index is 598. The minimum Gasteiger partial charge on any atom is -0.389 e. The first-order valence-corrected chi connectivity index (χ1v) is 6.36. The molecule has 2 aromatic rings. The number of rotatable bonds is 4. The van der Waals surface area contributed by atoms with Crippen LogP contribution < -0.4 is 10.6 Å². The van der Waals surface area contributed by atoms with Crippen molar-refractivity contribution >= 4 is 23.0 Å². The molecular weight excluding hydrogens is 256 g/mol. The highest BCUT2D eigenvalue weighted by atomic mass is 32.1. The van der Waals surface area contributed by atoms with Crippen molar-refractivity contribution in [3.05, 3.63) is 53.5 Å². The molecule has 0 atom stereocenters. The molecule has 0 unspecified atom stereocenters. The third-order valence-corrected chi connectivity index (χ3v) is 3.02. The summed E-state index contributed by atoms with van der Waals surface area (Å²) >= 11 is 4.99. The van der Waals surface area contributed by atoms with Crippen LogP contribution in [-0.4, -0.2) is 22.0 Å². The average molecular weight is 272 g/mol. The van der Waals surface area contributed by atoms with Gasteiger partial charge in [0.15, 0.2) is 0 Å². The van der Waals surface area contributed by atoms with Crippen molar-refractivity contribution < 1.29 is 0 Å². The SMILES string of the molecule is Cc1nccc(N(C)Cc2cccc(C(N)=S)c2)n1. The van der Waals surface area contributed by atoms with E-state index in [1.807, 2.05) is 44.3 Å². The molecular formula is C14H16N4S. The van der Waals surface area contributed by atoms with Crippen LogP contribution in [0.5, 0.6) is 0 Å². The van der Waals surface area contributed by atoms with Gasteiger partial charge in [-0.25, -0.2) is 9.97 Å². The van der Waals surface area contributed by atoms with Gasteiger partial charge in [0.2, 0.25) is 0 Å². The molecule has 2 N–H and O–H groups in total. The average Bonchev–Trinajstić information content (AvgIpc) is 2.39. The molecule has 1 aromatic heterocycles. The van der Waals surface area contributed by atoms with Crippen LogP contribution in [0, 0.1) is 6.92 Å². The number of aryl methyl sites for hydroxylation is 1. The molecule has 1 aromatic carbocycles. The van der Waals surface area contributed by atoms with Crippen molar-refractivity contribution in [3.8, 4) is 0 Å². The number of anilines is 1. The molecule has 98 valence electrons. The minimum atomic E-state index is 0.419. The van der Waals surface area contributed by atoms with E-state index in [2.05, 4.69) is 14.9 Å². The second kappa shape index (κ2) is 5.75. The number of hydrogen-bond donors (Lipinski definition) is 1. The van der Waals surface area contributed by atoms with E-state index in [1.165, 1.54) is 0 Å². The lowest BCUT2D eigenvalue weighted by Gasteiger charge is -2.18. The Morgan fingerprint density at radius 1 is 1.37 bits per heavy atom. The van der Waals surface area contributed by atoms with Crippen molar-refractivity contribution in [3.63, 3.8) is 0 Å². The summed E-state index contributed by atoms with van der Waals surface area (Å²) in [6, 6.07) is 9.83. The van der Waals surface area contributed by atoms with Crippen molar-refractivity contribution in [2.45, 2.75) is 13.5 Å². The lowest BCUT2D eigenvalue weighted by atomic mass is 10.1. The van der Waals surface area contributed by atoms with E-state index in [0.29, 0.717) is 4.99 Å². The fourth-order valence-corrected chi connectivity index (χ4v) is 1.96. The van der Waals surface area contributed by atoms with Gasteiger partial charge in [-0.3, -0.25) is 0 Å². The number of thiocarbonyl (C=S) groups is 1. The Kier molecular flexibility index (Phi) is 4.06. The topological polar surface area (TPSA) is 55.0 Å². The highest BCUT2D eigenvalue weighted by Gasteiger charge is 2.05. The van der Waals surface area contributed by atoms with Crippen molar-refractivity contribution in [1.29, 1.82) is 0 Å². The maximum atomic E-state index is 5.64. The van der Waals surface area contributed by atoms with Gasteiger partial charge in [-0.05, 0) is 24.6 Å². The van der Waals surface area contributed by atoms with Crippen LogP contribution in [0.3, 0.4) is 0 Å². The van der Waals surface area contributed by atoms with E-state index in [4.69, 9.17) is 18.0 Å². The molecule has 0 bridgehead atoms. The maximum absolute atomic E-state index is 5.64. The molecule has 4 nitrogen and oxygen atoms in total. The number of benzene rings is 1. The first-order valence-electron chi connectivity index (χ1n) is 5.96. The van der Waals surface area contributed by atoms with Crippen LogP contribution in [0.1, 0.15) is 17.0 Å². The second-order valence-electron chi connectivity index (χ2n) is 4.38. The zero-order valence-electron chi connectivity index (χ0n) is 11.0. The molecule has 0 aliphatic heterocycles. The van der Waals surface area contributed by atoms with Gasteiger partial charge in [0, 0.05) is 25.4 Å². The summed E-state index contributed by atoms with van der Waals surface area (Å²) < 4.78 is 0. The highest BCUT2D eigenvalue weighted by Crippen LogP contribution is 2.13. The van der Waals surface area contributed by atoms with Crippen molar-refractivity contribution in [2.24, 2.45) is 5.73 Å². The van der Waals surface area contributed by atoms with Gasteiger partial charge >= 0.3 is 0 Å². The number of aromatic nitrogens is 2. The molecule has 5 heteroatoms. The van der Waals surface area contributed by atoms with Crippen LogP contribution in [0.25, 0.3) is 0 Å². The van der Waals surface area contributed by atoms with E-state index >= 15 is 0 Å². The molecule has 0 aliphatic rings. The molecule has 0 amide bonds. The predicted octanol–water partition coefficient (Wildman–Crippen LogP) is 2.06. The molecule has 2 rings (SSSR count). The number of nitrogens with zero attached hydrogens (tertiary/aromatic N) is 3. The monoisotopic (exact) mass is 272 g/mol. The van der Waals surface area contributed by atoms with E-state index in [9.17, 15) is 0 Å². The summed E-state index contributed by atoms with van der Waals surface area (Å²) in [4.78, 5) is 11.0. The summed E-state index contributed by atoms with van der Waals surface area (Å²) in [6.07, 6.45) is 1.76. The zero-order chi connectivity index (χ0) is 13.8. The summed E-state index contributed by atoms with van der Waals surface area (Å²) in [7, 11) is 2.00. The standard InChI is InChI=1S/C14H16N4S/c1-10-16-7-6-13(17-10)18(2)9-11-4-3-5-12(8-11)14(15)19/h3-8H,9H2,1-2H3,(H2,15,19). The van der Waals surface area contributed by atoms with Crippen LogP contribution >= 0.6 is 12.2 Å². The number of nitrogens with two attached hydrogens (primary N) is 1. The van der Waals surface area contributed by atoms with Gasteiger partial charge in [0.1, 0.15) is 16.6 Å². The molecule has 0 radical (unpaired) electrons. The lowest BCUT2D eigenvalue weighted by molar-refractivity contribution is 0.879. The molecule has 1 heterocycles. The summed E-state index contributed by atoms with van der Waals surface area (Å²) in [5.74, 6) is 1.66. The van der Waals surface area contributed by atoms with Gasteiger partial charge in [-0.15, -0.1) is 0 Å². The fraction of sp³-hybridized carbons (Fsp3) is 0.214. The molecule has 0 spiro atoms. The number of hydrogen-bond acceptors (Lipinski definition) is 4. The molecule has 0 saturated carbocycles. The third-order valence-electron chi connectivity index (χ3n) is 2.78. The minimum absolute atomic E-state index is 0.419. The van der Waals surface area contributed by atoms with Crippen molar-refractivity contribution in [2.75, 3.05) is 11.9 Å². The van der Waals surface area contributed by atoms with Gasteiger partial charge < -0.3 is 10.6 Å². The summed E-state index contributed by atoms with van der Waals surface area (Å²) in [5, 5.41) is 0. The Balaban J connectivity index is 2.17. The van der Waals surface area contributed by atoms with E-state index in [1.54, 1.807) is 6.20 Å². The molecule has 0 fully saturated rings. The predicted molar refractivity (Wildman–Crippen MR) is 81.2 cm³/mol. The maximum Gasteiger partial charge on any atom is 0.132 e. The Hall–Kier alpha value is -2.01. The lowest BCUT2D eigenvalue weighted by Crippen LogP contribution is -2.18. The van der Waals surface area contributed by atoms with Crippen LogP contribution in [-0.2, 0) is 6.54 Å². The van der Waals surface area contributed by atoms with Crippen LogP contribution in [0.4, 0.5) is 5.82 Å².